The first-order valence-electron chi connectivity index (χ1n) is 19.6. The molecule has 0 unspecified atom stereocenters. The Kier molecular flexibility index (Phi) is 18.4. The van der Waals surface area contributed by atoms with E-state index in [0.717, 1.165) is 12.1 Å². The summed E-state index contributed by atoms with van der Waals surface area (Å²) in [5.74, 6) is -60.6. The standard InChI is InChI=1S/C40H44F19NO6Si/c1-8-63-31(61)24(7)19-23(6)30(66-32(62)60-29-14-11-26(41)20-28(29)42)25-9-12-27(13-10-25)64-16-17-65-67(21(2)3,22(4)5)18-15-33(43,44)34(45,46)35(47,48)36(49,50)37(51,52)38(53,54)39(55,56)40(57,58)59/h9-14,19-23,30H,8,15-18H2,1-7H3,(H,60,62)/b24-19+/t23-,30+/m1/s1. The highest BCUT2D eigenvalue weighted by atomic mass is 28.4. The third kappa shape index (κ3) is 11.9. The normalized spacial score (nSPS) is 15.1. The number of esters is 1. The van der Waals surface area contributed by atoms with Crippen LogP contribution in [0.5, 0.6) is 5.75 Å². The van der Waals surface area contributed by atoms with Gasteiger partial charge in [-0.3, -0.25) is 5.32 Å². The molecular weight excluding hydrogens is 979 g/mol. The number of ether oxygens (including phenoxy) is 3. The fourth-order valence-electron chi connectivity index (χ4n) is 6.62. The molecule has 0 fully saturated rings. The molecule has 0 saturated heterocycles. The SMILES string of the molecule is CCOC(=O)/C(C)=C/[C@@H](C)[C@H](OC(=O)Nc1ccc(F)cc1F)c1ccc(OCCO[Si](CCC(F)(F)C(F)(F)C(F)(F)C(F)(F)C(F)(F)C(F)(F)C(F)(F)C(F)(F)F)(C(C)C)C(C)C)cc1. The third-order valence-electron chi connectivity index (χ3n) is 10.5. The Balaban J connectivity index is 2.34. The van der Waals surface area contributed by atoms with Crippen LogP contribution >= 0.6 is 0 Å². The van der Waals surface area contributed by atoms with Crippen molar-refractivity contribution in [3.8, 4) is 5.75 Å². The fourth-order valence-corrected chi connectivity index (χ4v) is 11.1. The number of amides is 1. The molecule has 1 N–H and O–H groups in total. The summed E-state index contributed by atoms with van der Waals surface area (Å²) < 4.78 is 285. The summed E-state index contributed by atoms with van der Waals surface area (Å²) >= 11 is 0. The molecule has 0 aliphatic heterocycles. The molecule has 2 rings (SSSR count). The molecule has 1 amide bonds. The second kappa shape index (κ2) is 21.1. The van der Waals surface area contributed by atoms with Crippen LogP contribution < -0.4 is 10.1 Å². The minimum absolute atomic E-state index is 0.0286. The van der Waals surface area contributed by atoms with E-state index >= 15 is 8.78 Å². The van der Waals surface area contributed by atoms with Gasteiger partial charge in [0.2, 0.25) is 0 Å². The summed E-state index contributed by atoms with van der Waals surface area (Å²) in [6.45, 7) is 8.60. The van der Waals surface area contributed by atoms with E-state index < -0.39 is 134 Å². The Hall–Kier alpha value is -4.43. The minimum atomic E-state index is -8.72. The smallest absolute Gasteiger partial charge is 0.460 e. The number of hydrogen-bond acceptors (Lipinski definition) is 6. The molecule has 0 aliphatic carbocycles. The van der Waals surface area contributed by atoms with Gasteiger partial charge in [-0.15, -0.1) is 0 Å². The first-order chi connectivity index (χ1) is 30.2. The highest BCUT2D eigenvalue weighted by molar-refractivity contribution is 6.76. The van der Waals surface area contributed by atoms with Crippen molar-refractivity contribution in [1.29, 1.82) is 0 Å². The van der Waals surface area contributed by atoms with Gasteiger partial charge in [0.15, 0.2) is 8.32 Å². The van der Waals surface area contributed by atoms with Crippen LogP contribution in [0.2, 0.25) is 17.1 Å². The fraction of sp³-hybridized carbons (Fsp3) is 0.600. The number of carbonyl (C=O) groups is 2. The van der Waals surface area contributed by atoms with Crippen LogP contribution in [0.4, 0.5) is 93.9 Å². The minimum Gasteiger partial charge on any atom is -0.491 e. The number of halogens is 19. The molecule has 27 heteroatoms. The second-order valence-corrected chi connectivity index (χ2v) is 20.7. The van der Waals surface area contributed by atoms with Gasteiger partial charge in [-0.2, -0.15) is 74.6 Å². The zero-order valence-corrected chi connectivity index (χ0v) is 37.1. The van der Waals surface area contributed by atoms with Crippen molar-refractivity contribution in [2.24, 2.45) is 5.92 Å². The van der Waals surface area contributed by atoms with Gasteiger partial charge in [0, 0.05) is 24.0 Å². The summed E-state index contributed by atoms with van der Waals surface area (Å²) in [6.07, 6.45) is -11.5. The highest BCUT2D eigenvalue weighted by Crippen LogP contribution is 2.64. The maximum Gasteiger partial charge on any atom is 0.460 e. The molecule has 382 valence electrons. The van der Waals surface area contributed by atoms with Crippen LogP contribution in [-0.2, 0) is 18.7 Å². The summed E-state index contributed by atoms with van der Waals surface area (Å²) in [7, 11) is -4.06. The second-order valence-electron chi connectivity index (χ2n) is 15.7. The zero-order chi connectivity index (χ0) is 52.2. The number of benzene rings is 2. The number of rotatable bonds is 23. The predicted octanol–water partition coefficient (Wildman–Crippen LogP) is 14.0. The van der Waals surface area contributed by atoms with Crippen molar-refractivity contribution >= 4 is 26.1 Å². The van der Waals surface area contributed by atoms with Gasteiger partial charge in [-0.05, 0) is 60.8 Å². The Bertz CT molecular complexity index is 2020. The van der Waals surface area contributed by atoms with Gasteiger partial charge >= 0.3 is 59.7 Å². The van der Waals surface area contributed by atoms with E-state index in [1.54, 1.807) is 6.92 Å². The Morgan fingerprint density at radius 1 is 0.687 bits per heavy atom. The summed E-state index contributed by atoms with van der Waals surface area (Å²) in [5.41, 5.74) is -1.96. The molecular formula is C40H44F19NO6Si. The van der Waals surface area contributed by atoms with Crippen molar-refractivity contribution in [2.75, 3.05) is 25.1 Å². The molecule has 0 aliphatic rings. The van der Waals surface area contributed by atoms with E-state index in [4.69, 9.17) is 18.6 Å². The number of carbonyl (C=O) groups excluding carboxylic acids is 2. The van der Waals surface area contributed by atoms with Crippen molar-refractivity contribution in [3.05, 3.63) is 71.3 Å². The van der Waals surface area contributed by atoms with Crippen molar-refractivity contribution in [1.82, 2.24) is 0 Å². The lowest BCUT2D eigenvalue weighted by Crippen LogP contribution is -2.74. The summed E-state index contributed by atoms with van der Waals surface area (Å²) in [5, 5.41) is 2.12. The molecule has 2 aromatic rings. The van der Waals surface area contributed by atoms with E-state index in [2.05, 4.69) is 5.32 Å². The van der Waals surface area contributed by atoms with Crippen molar-refractivity contribution < 1.29 is 112 Å². The van der Waals surface area contributed by atoms with Gasteiger partial charge in [0.25, 0.3) is 0 Å². The molecule has 67 heavy (non-hydrogen) atoms. The van der Waals surface area contributed by atoms with E-state index in [1.807, 2.05) is 0 Å². The van der Waals surface area contributed by atoms with Crippen LogP contribution in [0, 0.1) is 17.6 Å². The van der Waals surface area contributed by atoms with Crippen LogP contribution in [0.1, 0.15) is 66.6 Å². The number of anilines is 1. The Morgan fingerprint density at radius 2 is 1.18 bits per heavy atom. The maximum absolute atomic E-state index is 15.0. The average Bonchev–Trinajstić information content (AvgIpc) is 3.19. The molecule has 7 nitrogen and oxygen atoms in total. The lowest BCUT2D eigenvalue weighted by molar-refractivity contribution is -0.461. The summed E-state index contributed by atoms with van der Waals surface area (Å²) in [4.78, 5) is 25.1. The number of hydrogen-bond donors (Lipinski definition) is 1. The van der Waals surface area contributed by atoms with Gasteiger partial charge < -0.3 is 18.6 Å². The van der Waals surface area contributed by atoms with Crippen LogP contribution in [-0.4, -0.2) is 87.8 Å². The molecule has 0 heterocycles. The first-order valence-corrected chi connectivity index (χ1v) is 21.9. The van der Waals surface area contributed by atoms with E-state index in [-0.39, 0.29) is 23.5 Å². The zero-order valence-electron chi connectivity index (χ0n) is 36.1. The monoisotopic (exact) mass is 1020 g/mol. The number of nitrogens with one attached hydrogen (secondary N) is 1. The maximum atomic E-state index is 15.0. The highest BCUT2D eigenvalue weighted by Gasteiger charge is 2.95. The van der Waals surface area contributed by atoms with Crippen molar-refractivity contribution in [3.63, 3.8) is 0 Å². The number of alkyl halides is 17. The van der Waals surface area contributed by atoms with Gasteiger partial charge in [0.1, 0.15) is 30.1 Å². The molecule has 0 radical (unpaired) electrons. The van der Waals surface area contributed by atoms with Gasteiger partial charge in [0.05, 0.1) is 18.9 Å². The molecule has 0 spiro atoms. The quantitative estimate of drug-likeness (QED) is 0.0393. The summed E-state index contributed by atoms with van der Waals surface area (Å²) in [6, 6.07) is 6.23. The average molecular weight is 1020 g/mol. The predicted molar refractivity (Wildman–Crippen MR) is 203 cm³/mol. The molecule has 0 saturated carbocycles. The lowest BCUT2D eigenvalue weighted by atomic mass is 9.88. The third-order valence-corrected chi connectivity index (χ3v) is 16.2. The largest absolute Gasteiger partial charge is 0.491 e. The van der Waals surface area contributed by atoms with Gasteiger partial charge in [-0.25, -0.2) is 18.4 Å². The molecule has 0 aromatic heterocycles. The van der Waals surface area contributed by atoms with E-state index in [9.17, 15) is 84.2 Å². The first kappa shape index (κ1) is 58.7. The topological polar surface area (TPSA) is 83.1 Å². The Morgan fingerprint density at radius 3 is 1.64 bits per heavy atom. The Labute approximate surface area is 371 Å². The molecule has 0 bridgehead atoms. The lowest BCUT2D eigenvalue weighted by Gasteiger charge is -2.44. The van der Waals surface area contributed by atoms with Crippen LogP contribution in [0.25, 0.3) is 0 Å². The molecule has 2 aromatic carbocycles. The van der Waals surface area contributed by atoms with Crippen LogP contribution in [0.15, 0.2) is 54.1 Å². The van der Waals surface area contributed by atoms with Crippen LogP contribution in [0.3, 0.4) is 0 Å². The molecule has 2 atom stereocenters. The van der Waals surface area contributed by atoms with E-state index in [0.29, 0.717) is 6.07 Å². The van der Waals surface area contributed by atoms with Gasteiger partial charge in [-0.1, -0.05) is 52.8 Å². The van der Waals surface area contributed by atoms with E-state index in [1.165, 1.54) is 71.9 Å². The van der Waals surface area contributed by atoms with Crippen molar-refractivity contribution in [2.45, 2.75) is 126 Å².